The van der Waals surface area contributed by atoms with E-state index < -0.39 is 72.0 Å². The first kappa shape index (κ1) is 34.8. The van der Waals surface area contributed by atoms with Crippen LogP contribution in [0.3, 0.4) is 0 Å². The van der Waals surface area contributed by atoms with E-state index in [1.807, 2.05) is 26.0 Å². The number of phenolic OH excluding ortho intramolecular Hbond substituents is 1. The van der Waals surface area contributed by atoms with Gasteiger partial charge in [-0.2, -0.15) is 26.3 Å². The summed E-state index contributed by atoms with van der Waals surface area (Å²) < 4.78 is 88.0. The Morgan fingerprint density at radius 2 is 1.64 bits per heavy atom. The minimum Gasteiger partial charge on any atom is -0.508 e. The first-order valence-electron chi connectivity index (χ1n) is 15.8. The van der Waals surface area contributed by atoms with Crippen LogP contribution in [0.5, 0.6) is 5.75 Å². The van der Waals surface area contributed by atoms with Gasteiger partial charge in [0.15, 0.2) is 0 Å². The number of phenols is 1. The number of anilines is 1. The summed E-state index contributed by atoms with van der Waals surface area (Å²) in [5.74, 6) is -4.34. The first-order chi connectivity index (χ1) is 22.1. The number of benzene rings is 2. The lowest BCUT2D eigenvalue weighted by atomic mass is 9.58. The van der Waals surface area contributed by atoms with Crippen LogP contribution in [-0.4, -0.2) is 35.2 Å². The van der Waals surface area contributed by atoms with Crippen LogP contribution in [0, 0.1) is 17.8 Å². The highest BCUT2D eigenvalue weighted by atomic mass is 19.4. The van der Waals surface area contributed by atoms with Gasteiger partial charge in [0, 0.05) is 0 Å². The molecule has 0 saturated carbocycles. The zero-order chi connectivity index (χ0) is 34.3. The maximum Gasteiger partial charge on any atom is 0.455 e. The van der Waals surface area contributed by atoms with E-state index in [1.54, 1.807) is 18.2 Å². The number of hydrogen-bond donors (Lipinski definition) is 2. The molecule has 0 aromatic heterocycles. The van der Waals surface area contributed by atoms with Gasteiger partial charge in [-0.3, -0.25) is 9.59 Å². The van der Waals surface area contributed by atoms with Crippen LogP contribution in [0.2, 0.25) is 6.32 Å². The highest BCUT2D eigenvalue weighted by Gasteiger charge is 2.58. The Balaban J connectivity index is 1.49. The lowest BCUT2D eigenvalue weighted by molar-refractivity contribution is -0.143. The summed E-state index contributed by atoms with van der Waals surface area (Å²) in [4.78, 5) is 28.2. The quantitative estimate of drug-likeness (QED) is 0.122. The van der Waals surface area contributed by atoms with Gasteiger partial charge < -0.3 is 14.8 Å². The van der Waals surface area contributed by atoms with Crippen LogP contribution in [0.15, 0.2) is 59.2 Å². The lowest BCUT2D eigenvalue weighted by Gasteiger charge is -2.43. The fraction of sp³-hybridized carbons (Fsp3) is 0.471. The molecule has 1 aliphatic carbocycles. The summed E-state index contributed by atoms with van der Waals surface area (Å²) in [5, 5.41) is 20.7. The third-order valence-corrected chi connectivity index (χ3v) is 9.23. The average molecular weight is 663 g/mol. The Bertz CT molecular complexity index is 1550. The number of aromatic hydroxyl groups is 1. The van der Waals surface area contributed by atoms with Crippen LogP contribution in [0.1, 0.15) is 75.5 Å². The van der Waals surface area contributed by atoms with Gasteiger partial charge in [-0.25, -0.2) is 4.90 Å². The second kappa shape index (κ2) is 13.5. The van der Waals surface area contributed by atoms with Crippen molar-refractivity contribution >= 4 is 30.7 Å². The Morgan fingerprint density at radius 1 is 0.957 bits per heavy atom. The zero-order valence-electron chi connectivity index (χ0n) is 26.0. The molecule has 3 aliphatic rings. The number of hydrogen-bond acceptors (Lipinski definition) is 5. The van der Waals surface area contributed by atoms with Crippen LogP contribution < -0.4 is 4.90 Å². The third kappa shape index (κ3) is 7.30. The molecule has 0 spiro atoms. The number of allylic oxidation sites excluding steroid dienone is 2. The molecule has 2 aliphatic heterocycles. The van der Waals surface area contributed by atoms with Gasteiger partial charge in [-0.15, -0.1) is 0 Å². The van der Waals surface area contributed by atoms with Gasteiger partial charge in [0.05, 0.1) is 34.8 Å². The number of amides is 2. The minimum atomic E-state index is -5.15. The maximum absolute atomic E-state index is 14.0. The van der Waals surface area contributed by atoms with Gasteiger partial charge in [-0.1, -0.05) is 56.0 Å². The van der Waals surface area contributed by atoms with Gasteiger partial charge >= 0.3 is 19.5 Å². The molecule has 47 heavy (non-hydrogen) atoms. The van der Waals surface area contributed by atoms with E-state index in [-0.39, 0.29) is 24.6 Å². The van der Waals surface area contributed by atoms with E-state index in [1.165, 1.54) is 0 Å². The number of nitrogens with zero attached hydrogens (tertiary/aromatic N) is 1. The van der Waals surface area contributed by atoms with Crippen LogP contribution in [0.4, 0.5) is 32.0 Å². The standard InChI is InChI=1S/C34H36BF6NO5/c1-3-6-19(12-20-8-5-9-25(43)13-20)10-11-28-29-21(7-4-2)14-26-30(27(29)18-35(46)47-28)32(45)42(31(26)44)24-16-22(33(36,37)38)15-23(17-24)34(39,40)41/h5,8-9,12-13,15-17,26-28,30,43,46H,3-4,6-7,10-11,14,18H2,1-2H3/b19-12+/t26-,27+,28-,30-/m1/s1. The van der Waals surface area contributed by atoms with Crippen molar-refractivity contribution in [3.05, 3.63) is 75.9 Å². The monoisotopic (exact) mass is 663 g/mol. The van der Waals surface area contributed by atoms with Crippen molar-refractivity contribution in [2.24, 2.45) is 17.8 Å². The van der Waals surface area contributed by atoms with E-state index in [4.69, 9.17) is 4.65 Å². The SMILES string of the molecule is CCCC1=C2[C@@H](CC/C(=C/c3cccc(O)c3)CCC)OB(O)C[C@@H]2[C@@H]2C(=O)N(c3cc(C(F)(F)F)cc(C(F)(F)F)c3)C(=O)[C@@H]2C1. The number of halogens is 6. The van der Waals surface area contributed by atoms with Crippen LogP contribution in [0.25, 0.3) is 6.08 Å². The number of carbonyl (C=O) groups is 2. The predicted octanol–water partition coefficient (Wildman–Crippen LogP) is 8.20. The van der Waals surface area contributed by atoms with Crippen molar-refractivity contribution in [2.75, 3.05) is 4.90 Å². The summed E-state index contributed by atoms with van der Waals surface area (Å²) in [7, 11) is -1.29. The number of alkyl halides is 6. The molecule has 2 fully saturated rings. The van der Waals surface area contributed by atoms with Crippen molar-refractivity contribution in [3.63, 3.8) is 0 Å². The molecule has 2 amide bonds. The molecule has 6 nitrogen and oxygen atoms in total. The lowest BCUT2D eigenvalue weighted by Crippen LogP contribution is -2.46. The number of fused-ring (bicyclic) bond motifs is 3. The summed E-state index contributed by atoms with van der Waals surface area (Å²) in [5.41, 5.74) is -0.463. The summed E-state index contributed by atoms with van der Waals surface area (Å²) in [6.45, 7) is 3.97. The largest absolute Gasteiger partial charge is 0.508 e. The van der Waals surface area contributed by atoms with Gasteiger partial charge in [0.1, 0.15) is 5.75 Å². The van der Waals surface area contributed by atoms with E-state index in [2.05, 4.69) is 0 Å². The molecule has 252 valence electrons. The second-order valence-corrected chi connectivity index (χ2v) is 12.5. The molecule has 5 rings (SSSR count). The molecule has 2 aromatic rings. The van der Waals surface area contributed by atoms with E-state index in [9.17, 15) is 46.1 Å². The Hall–Kier alpha value is -3.58. The average Bonchev–Trinajstić information content (AvgIpc) is 3.23. The van der Waals surface area contributed by atoms with Crippen molar-refractivity contribution in [1.29, 1.82) is 0 Å². The Kier molecular flexibility index (Phi) is 9.98. The molecule has 4 atom stereocenters. The van der Waals surface area contributed by atoms with Crippen LogP contribution >= 0.6 is 0 Å². The van der Waals surface area contributed by atoms with Crippen LogP contribution in [-0.2, 0) is 26.6 Å². The smallest absolute Gasteiger partial charge is 0.455 e. The van der Waals surface area contributed by atoms with E-state index in [0.717, 1.165) is 35.1 Å². The van der Waals surface area contributed by atoms with Crippen molar-refractivity contribution in [1.82, 2.24) is 0 Å². The summed E-state index contributed by atoms with van der Waals surface area (Å²) >= 11 is 0. The first-order valence-corrected chi connectivity index (χ1v) is 15.8. The number of rotatable bonds is 9. The second-order valence-electron chi connectivity index (χ2n) is 12.5. The molecular weight excluding hydrogens is 627 g/mol. The minimum absolute atomic E-state index is 0.0373. The van der Waals surface area contributed by atoms with Gasteiger partial charge in [0.2, 0.25) is 11.8 Å². The normalized spacial score (nSPS) is 23.8. The molecule has 0 bridgehead atoms. The predicted molar refractivity (Wildman–Crippen MR) is 164 cm³/mol. The number of imide groups is 1. The fourth-order valence-corrected chi connectivity index (χ4v) is 7.38. The zero-order valence-corrected chi connectivity index (χ0v) is 26.0. The molecule has 2 aromatic carbocycles. The van der Waals surface area contributed by atoms with Crippen molar-refractivity contribution in [2.45, 2.75) is 83.6 Å². The highest BCUT2D eigenvalue weighted by molar-refractivity contribution is 6.43. The highest BCUT2D eigenvalue weighted by Crippen LogP contribution is 2.52. The molecule has 2 N–H and O–H groups in total. The Labute approximate surface area is 269 Å². The van der Waals surface area contributed by atoms with Crippen molar-refractivity contribution in [3.8, 4) is 5.75 Å². The molecule has 13 heteroatoms. The molecule has 0 unspecified atom stereocenters. The molecule has 2 heterocycles. The van der Waals surface area contributed by atoms with E-state index >= 15 is 0 Å². The molecule has 0 radical (unpaired) electrons. The Morgan fingerprint density at radius 3 is 2.23 bits per heavy atom. The fourth-order valence-electron chi connectivity index (χ4n) is 7.38. The topological polar surface area (TPSA) is 87.1 Å². The number of carbonyl (C=O) groups excluding carboxylic acids is 2. The maximum atomic E-state index is 14.0. The summed E-state index contributed by atoms with van der Waals surface area (Å²) in [6.07, 6.45) is -4.99. The van der Waals surface area contributed by atoms with E-state index in [0.29, 0.717) is 42.7 Å². The van der Waals surface area contributed by atoms with Gasteiger partial charge in [-0.05, 0) is 85.8 Å². The molecule has 2 saturated heterocycles. The third-order valence-electron chi connectivity index (χ3n) is 9.23. The van der Waals surface area contributed by atoms with Gasteiger partial charge in [0.25, 0.3) is 0 Å². The molecular formula is C34H36BF6NO5. The summed E-state index contributed by atoms with van der Waals surface area (Å²) in [6, 6.07) is 7.59. The van der Waals surface area contributed by atoms with Crippen molar-refractivity contribution < 1.29 is 50.7 Å².